The largest absolute Gasteiger partial charge is 0.437 e. The fourth-order valence-electron chi connectivity index (χ4n) is 2.99. The van der Waals surface area contributed by atoms with Crippen LogP contribution in [-0.4, -0.2) is 9.97 Å². The summed E-state index contributed by atoms with van der Waals surface area (Å²) >= 11 is 0. The second kappa shape index (κ2) is 7.00. The van der Waals surface area contributed by atoms with Gasteiger partial charge in [-0.3, -0.25) is 0 Å². The molecule has 0 radical (unpaired) electrons. The first-order valence-electron chi connectivity index (χ1n) is 9.01. The summed E-state index contributed by atoms with van der Waals surface area (Å²) in [5, 5.41) is 0. The molecule has 0 aliphatic carbocycles. The molecule has 0 unspecified atom stereocenters. The highest BCUT2D eigenvalue weighted by Crippen LogP contribution is 2.25. The summed E-state index contributed by atoms with van der Waals surface area (Å²) in [6.07, 6.45) is 7.66. The van der Waals surface area contributed by atoms with Gasteiger partial charge in [-0.2, -0.15) is 0 Å². The lowest BCUT2D eigenvalue weighted by Crippen LogP contribution is -1.73. The molecular weight excluding hydrogens is 348 g/mol. The van der Waals surface area contributed by atoms with Crippen molar-refractivity contribution in [1.29, 1.82) is 0 Å². The van der Waals surface area contributed by atoms with Crippen LogP contribution in [0.25, 0.3) is 46.5 Å². The predicted molar refractivity (Wildman–Crippen MR) is 112 cm³/mol. The summed E-state index contributed by atoms with van der Waals surface area (Å²) < 4.78 is 11.7. The average molecular weight is 364 g/mol. The summed E-state index contributed by atoms with van der Waals surface area (Å²) in [6, 6.07) is 23.8. The minimum Gasteiger partial charge on any atom is -0.437 e. The second-order valence-corrected chi connectivity index (χ2v) is 6.38. The number of hydrogen-bond donors (Lipinski definition) is 0. The Balaban J connectivity index is 1.44. The zero-order valence-electron chi connectivity index (χ0n) is 14.9. The van der Waals surface area contributed by atoms with E-state index in [4.69, 9.17) is 8.83 Å². The number of oxazole rings is 2. The summed E-state index contributed by atoms with van der Waals surface area (Å²) in [7, 11) is 0. The predicted octanol–water partition coefficient (Wildman–Crippen LogP) is 6.31. The van der Waals surface area contributed by atoms with E-state index in [1.54, 1.807) is 0 Å². The molecule has 2 aromatic heterocycles. The highest BCUT2D eigenvalue weighted by atomic mass is 16.4. The molecule has 0 fully saturated rings. The van der Waals surface area contributed by atoms with Gasteiger partial charge < -0.3 is 8.83 Å². The molecule has 5 rings (SSSR count). The van der Waals surface area contributed by atoms with E-state index in [0.29, 0.717) is 22.9 Å². The topological polar surface area (TPSA) is 52.1 Å². The molecule has 0 N–H and O–H groups in total. The van der Waals surface area contributed by atoms with E-state index >= 15 is 0 Å². The first-order chi connectivity index (χ1) is 13.8. The van der Waals surface area contributed by atoms with Crippen molar-refractivity contribution in [3.63, 3.8) is 0 Å². The molecule has 3 aromatic carbocycles. The maximum atomic E-state index is 5.83. The lowest BCUT2D eigenvalue weighted by Gasteiger charge is -1.89. The zero-order chi connectivity index (χ0) is 18.8. The summed E-state index contributed by atoms with van der Waals surface area (Å²) in [5.41, 5.74) is 5.05. The van der Waals surface area contributed by atoms with E-state index in [1.807, 2.05) is 97.1 Å². The quantitative estimate of drug-likeness (QED) is 0.375. The van der Waals surface area contributed by atoms with Crippen molar-refractivity contribution in [3.05, 3.63) is 95.7 Å². The fraction of sp³-hybridized carbons (Fsp3) is 0. The van der Waals surface area contributed by atoms with E-state index in [-0.39, 0.29) is 0 Å². The van der Waals surface area contributed by atoms with E-state index in [1.165, 1.54) is 0 Å². The van der Waals surface area contributed by atoms with Crippen LogP contribution in [0.15, 0.2) is 81.6 Å². The van der Waals surface area contributed by atoms with Crippen LogP contribution < -0.4 is 0 Å². The number of fused-ring (bicyclic) bond motifs is 2. The van der Waals surface area contributed by atoms with Crippen molar-refractivity contribution in [2.45, 2.75) is 0 Å². The number of aromatic nitrogens is 2. The van der Waals surface area contributed by atoms with Crippen molar-refractivity contribution in [2.75, 3.05) is 0 Å². The molecule has 0 bridgehead atoms. The Kier molecular flexibility index (Phi) is 4.07. The van der Waals surface area contributed by atoms with E-state index < -0.39 is 0 Å². The third-order valence-corrected chi connectivity index (χ3v) is 4.37. The normalized spacial score (nSPS) is 12.0. The van der Waals surface area contributed by atoms with Crippen molar-refractivity contribution in [1.82, 2.24) is 9.97 Å². The van der Waals surface area contributed by atoms with Gasteiger partial charge in [-0.05, 0) is 29.3 Å². The zero-order valence-corrected chi connectivity index (χ0v) is 14.9. The Morgan fingerprint density at radius 3 is 1.46 bits per heavy atom. The molecular formula is C24H16N2O2. The fourth-order valence-corrected chi connectivity index (χ4v) is 2.99. The summed E-state index contributed by atoms with van der Waals surface area (Å²) in [5.74, 6) is 1.10. The Hall–Kier alpha value is -3.92. The van der Waals surface area contributed by atoms with E-state index in [9.17, 15) is 0 Å². The monoisotopic (exact) mass is 364 g/mol. The highest BCUT2D eigenvalue weighted by Gasteiger charge is 2.10. The Morgan fingerprint density at radius 2 is 1.00 bits per heavy atom. The van der Waals surface area contributed by atoms with Gasteiger partial charge in [0.15, 0.2) is 11.2 Å². The van der Waals surface area contributed by atoms with Crippen LogP contribution in [0.1, 0.15) is 22.9 Å². The number of rotatable bonds is 4. The third-order valence-electron chi connectivity index (χ3n) is 4.37. The average Bonchev–Trinajstić information content (AvgIpc) is 3.32. The molecule has 28 heavy (non-hydrogen) atoms. The van der Waals surface area contributed by atoms with Crippen LogP contribution in [0, 0.1) is 0 Å². The number of hydrogen-bond acceptors (Lipinski definition) is 4. The molecule has 0 saturated carbocycles. The summed E-state index contributed by atoms with van der Waals surface area (Å²) in [4.78, 5) is 9.06. The first-order valence-corrected chi connectivity index (χ1v) is 9.01. The maximum absolute atomic E-state index is 5.83. The SMILES string of the molecule is C(=Cc1nc2cc3nc(C=Cc4ccccc4)oc3cc2o1)c1ccccc1. The van der Waals surface area contributed by atoms with Crippen molar-refractivity contribution < 1.29 is 8.83 Å². The van der Waals surface area contributed by atoms with E-state index in [2.05, 4.69) is 9.97 Å². The highest BCUT2D eigenvalue weighted by molar-refractivity contribution is 5.90. The molecule has 5 aromatic rings. The third kappa shape index (κ3) is 3.35. The minimum absolute atomic E-state index is 0.552. The van der Waals surface area contributed by atoms with Gasteiger partial charge in [0, 0.05) is 18.2 Å². The van der Waals surface area contributed by atoms with Gasteiger partial charge in [-0.15, -0.1) is 0 Å². The number of benzene rings is 3. The van der Waals surface area contributed by atoms with Crippen molar-refractivity contribution >= 4 is 46.5 Å². The van der Waals surface area contributed by atoms with Crippen LogP contribution >= 0.6 is 0 Å². The van der Waals surface area contributed by atoms with Gasteiger partial charge in [0.05, 0.1) is 0 Å². The van der Waals surface area contributed by atoms with Crippen LogP contribution in [0.5, 0.6) is 0 Å². The molecule has 0 atom stereocenters. The van der Waals surface area contributed by atoms with E-state index in [0.717, 1.165) is 22.2 Å². The van der Waals surface area contributed by atoms with Crippen molar-refractivity contribution in [2.24, 2.45) is 0 Å². The Morgan fingerprint density at radius 1 is 0.536 bits per heavy atom. The van der Waals surface area contributed by atoms with Gasteiger partial charge in [0.25, 0.3) is 0 Å². The van der Waals surface area contributed by atoms with Gasteiger partial charge in [0.2, 0.25) is 11.8 Å². The van der Waals surface area contributed by atoms with Crippen LogP contribution in [0.3, 0.4) is 0 Å². The van der Waals surface area contributed by atoms with Gasteiger partial charge >= 0.3 is 0 Å². The maximum Gasteiger partial charge on any atom is 0.220 e. The van der Waals surface area contributed by atoms with Gasteiger partial charge in [-0.1, -0.05) is 60.7 Å². The van der Waals surface area contributed by atoms with Gasteiger partial charge in [-0.25, -0.2) is 9.97 Å². The Bertz CT molecular complexity index is 1150. The smallest absolute Gasteiger partial charge is 0.220 e. The molecule has 0 saturated heterocycles. The molecule has 2 heterocycles. The molecule has 0 aliphatic heterocycles. The minimum atomic E-state index is 0.552. The lowest BCUT2D eigenvalue weighted by atomic mass is 10.2. The molecule has 0 aliphatic rings. The molecule has 134 valence electrons. The second-order valence-electron chi connectivity index (χ2n) is 6.38. The first kappa shape index (κ1) is 16.3. The van der Waals surface area contributed by atoms with Crippen LogP contribution in [0.2, 0.25) is 0 Å². The molecule has 0 spiro atoms. The molecule has 0 amide bonds. The molecule has 4 nitrogen and oxygen atoms in total. The Labute approximate surface area is 161 Å². The number of nitrogens with zero attached hydrogens (tertiary/aromatic N) is 2. The standard InChI is InChI=1S/C24H16N2O2/c1-3-7-17(8-4-1)11-13-23-25-19-15-20-22(16-21(19)27-23)28-24(26-20)14-12-18-9-5-2-6-10-18/h1-16H. The van der Waals surface area contributed by atoms with Crippen molar-refractivity contribution in [3.8, 4) is 0 Å². The lowest BCUT2D eigenvalue weighted by molar-refractivity contribution is 0.580. The van der Waals surface area contributed by atoms with Gasteiger partial charge in [0.1, 0.15) is 11.0 Å². The summed E-state index contributed by atoms with van der Waals surface area (Å²) in [6.45, 7) is 0. The van der Waals surface area contributed by atoms with Crippen LogP contribution in [0.4, 0.5) is 0 Å². The molecule has 4 heteroatoms. The van der Waals surface area contributed by atoms with Crippen LogP contribution in [-0.2, 0) is 0 Å².